The van der Waals surface area contributed by atoms with Gasteiger partial charge in [0.1, 0.15) is 12.1 Å². The van der Waals surface area contributed by atoms with Gasteiger partial charge in [-0.25, -0.2) is 9.20 Å². The molecule has 1 saturated heterocycles. The zero-order valence-electron chi connectivity index (χ0n) is 18.0. The molecule has 8 heteroatoms. The Hall–Kier alpha value is -2.22. The predicted octanol–water partition coefficient (Wildman–Crippen LogP) is 2.02. The van der Waals surface area contributed by atoms with Crippen molar-refractivity contribution >= 4 is 11.4 Å². The van der Waals surface area contributed by atoms with Crippen LogP contribution in [-0.2, 0) is 11.3 Å². The van der Waals surface area contributed by atoms with Gasteiger partial charge in [0.15, 0.2) is 5.82 Å². The molecule has 3 heterocycles. The molecule has 1 amide bonds. The first-order valence-corrected chi connectivity index (χ1v) is 11.5. The van der Waals surface area contributed by atoms with Gasteiger partial charge in [0.2, 0.25) is 5.91 Å². The highest BCUT2D eigenvalue weighted by atomic mass is 16.2. The van der Waals surface area contributed by atoms with Gasteiger partial charge in [-0.1, -0.05) is 20.3 Å². The lowest BCUT2D eigenvalue weighted by molar-refractivity contribution is -0.123. The van der Waals surface area contributed by atoms with Crippen LogP contribution in [0.1, 0.15) is 82.1 Å². The monoisotopic (exact) mass is 412 g/mol. The summed E-state index contributed by atoms with van der Waals surface area (Å²) in [5.41, 5.74) is 1.25. The van der Waals surface area contributed by atoms with E-state index in [0.717, 1.165) is 50.3 Å². The minimum atomic E-state index is -0.242. The van der Waals surface area contributed by atoms with Gasteiger partial charge in [0.05, 0.1) is 5.69 Å². The summed E-state index contributed by atoms with van der Waals surface area (Å²) in [7, 11) is 0. The van der Waals surface area contributed by atoms with Crippen LogP contribution in [0.25, 0.3) is 5.52 Å². The summed E-state index contributed by atoms with van der Waals surface area (Å²) < 4.78 is 3.01. The summed E-state index contributed by atoms with van der Waals surface area (Å²) in [5.74, 6) is 1.15. The van der Waals surface area contributed by atoms with Crippen molar-refractivity contribution in [1.29, 1.82) is 0 Å². The number of nitrogens with one attached hydrogen (secondary N) is 1. The van der Waals surface area contributed by atoms with E-state index in [2.05, 4.69) is 20.4 Å². The van der Waals surface area contributed by atoms with E-state index < -0.39 is 0 Å². The second-order valence-corrected chi connectivity index (χ2v) is 9.60. The van der Waals surface area contributed by atoms with Gasteiger partial charge in [0.25, 0.3) is 5.56 Å². The molecule has 2 aliphatic carbocycles. The summed E-state index contributed by atoms with van der Waals surface area (Å²) >= 11 is 0. The van der Waals surface area contributed by atoms with Gasteiger partial charge >= 0.3 is 0 Å². The van der Waals surface area contributed by atoms with Gasteiger partial charge in [-0.2, -0.15) is 10.2 Å². The maximum absolute atomic E-state index is 13.0. The number of hydrogen-bond donors (Lipinski definition) is 1. The third-order valence-electron chi connectivity index (χ3n) is 6.84. The molecule has 2 aromatic rings. The zero-order valence-corrected chi connectivity index (χ0v) is 18.0. The van der Waals surface area contributed by atoms with E-state index in [-0.39, 0.29) is 30.0 Å². The lowest BCUT2D eigenvalue weighted by Crippen LogP contribution is -2.53. The molecule has 0 bridgehead atoms. The van der Waals surface area contributed by atoms with E-state index in [1.165, 1.54) is 23.9 Å². The smallest absolute Gasteiger partial charge is 0.293 e. The van der Waals surface area contributed by atoms with Crippen molar-refractivity contribution in [3.05, 3.63) is 27.9 Å². The molecular weight excluding hydrogens is 380 g/mol. The van der Waals surface area contributed by atoms with E-state index in [4.69, 9.17) is 0 Å². The van der Waals surface area contributed by atoms with Gasteiger partial charge < -0.3 is 5.32 Å². The highest BCUT2D eigenvalue weighted by molar-refractivity contribution is 5.76. The molecule has 0 radical (unpaired) electrons. The van der Waals surface area contributed by atoms with Crippen LogP contribution in [0, 0.1) is 0 Å². The Morgan fingerprint density at radius 3 is 2.63 bits per heavy atom. The molecule has 1 aliphatic heterocycles. The van der Waals surface area contributed by atoms with Crippen LogP contribution in [0.2, 0.25) is 0 Å². The number of carbonyl (C=O) groups is 1. The van der Waals surface area contributed by atoms with Crippen LogP contribution < -0.4 is 10.9 Å². The van der Waals surface area contributed by atoms with Gasteiger partial charge in [-0.15, -0.1) is 0 Å². The average Bonchev–Trinajstić information content (AvgIpc) is 3.41. The van der Waals surface area contributed by atoms with Crippen LogP contribution in [0.15, 0.2) is 10.9 Å². The molecule has 0 aromatic carbocycles. The van der Waals surface area contributed by atoms with E-state index in [1.807, 2.05) is 19.9 Å². The van der Waals surface area contributed by atoms with Gasteiger partial charge in [-0.3, -0.25) is 14.5 Å². The molecule has 2 aromatic heterocycles. The molecule has 5 rings (SSSR count). The second kappa shape index (κ2) is 7.80. The van der Waals surface area contributed by atoms with E-state index in [1.54, 1.807) is 4.52 Å². The fourth-order valence-corrected chi connectivity index (χ4v) is 4.73. The number of carbonyl (C=O) groups excluding carboxylic acids is 1. The lowest BCUT2D eigenvalue weighted by Gasteiger charge is -2.42. The summed E-state index contributed by atoms with van der Waals surface area (Å²) in [6, 6.07) is 2.75. The maximum Gasteiger partial charge on any atom is 0.293 e. The number of amides is 1. The number of nitrogens with zero attached hydrogens (tertiary/aromatic N) is 5. The largest absolute Gasteiger partial charge is 0.350 e. The molecular formula is C22H32N6O2. The maximum atomic E-state index is 13.0. The Labute approximate surface area is 176 Å². The molecule has 0 spiro atoms. The molecule has 30 heavy (non-hydrogen) atoms. The van der Waals surface area contributed by atoms with E-state index >= 15 is 0 Å². The van der Waals surface area contributed by atoms with Crippen molar-refractivity contribution in [1.82, 2.24) is 29.6 Å². The Morgan fingerprint density at radius 1 is 1.17 bits per heavy atom. The van der Waals surface area contributed by atoms with Crippen LogP contribution in [0.3, 0.4) is 0 Å². The Balaban J connectivity index is 1.33. The summed E-state index contributed by atoms with van der Waals surface area (Å²) in [6.07, 6.45) is 8.26. The minimum absolute atomic E-state index is 0.0427. The van der Waals surface area contributed by atoms with Gasteiger partial charge in [-0.05, 0) is 51.1 Å². The SMILES string of the molecule is CC(C)c1nn(CC(=O)N[C@@H]2CCCN(C3CCC3)C2)c(=O)c2cc(C3CC3)nn12. The molecule has 2 saturated carbocycles. The van der Waals surface area contributed by atoms with Crippen LogP contribution in [-0.4, -0.2) is 55.4 Å². The first kappa shape index (κ1) is 19.7. The molecule has 8 nitrogen and oxygen atoms in total. The second-order valence-electron chi connectivity index (χ2n) is 9.60. The molecule has 1 atom stereocenters. The fourth-order valence-electron chi connectivity index (χ4n) is 4.73. The number of aromatic nitrogens is 4. The minimum Gasteiger partial charge on any atom is -0.350 e. The van der Waals surface area contributed by atoms with Crippen molar-refractivity contribution in [2.24, 2.45) is 0 Å². The van der Waals surface area contributed by atoms with Crippen LogP contribution in [0.4, 0.5) is 0 Å². The highest BCUT2D eigenvalue weighted by Crippen LogP contribution is 2.39. The lowest BCUT2D eigenvalue weighted by atomic mass is 9.89. The summed E-state index contributed by atoms with van der Waals surface area (Å²) in [5, 5.41) is 12.3. The third-order valence-corrected chi connectivity index (χ3v) is 6.84. The Morgan fingerprint density at radius 2 is 1.97 bits per heavy atom. The average molecular weight is 413 g/mol. The van der Waals surface area contributed by atoms with Crippen LogP contribution in [0.5, 0.6) is 0 Å². The first-order valence-electron chi connectivity index (χ1n) is 11.5. The Bertz CT molecular complexity index is 1000. The predicted molar refractivity (Wildman–Crippen MR) is 114 cm³/mol. The number of fused-ring (bicyclic) bond motifs is 1. The number of rotatable bonds is 6. The number of likely N-dealkylation sites (tertiary alicyclic amines) is 1. The van der Waals surface area contributed by atoms with Crippen molar-refractivity contribution in [2.45, 2.75) is 89.3 Å². The third kappa shape index (κ3) is 3.77. The number of hydrogen-bond acceptors (Lipinski definition) is 5. The van der Waals surface area contributed by atoms with Crippen molar-refractivity contribution in [3.63, 3.8) is 0 Å². The topological polar surface area (TPSA) is 84.5 Å². The standard InChI is InChI=1S/C22H32N6O2/c1-14(2)21-25-27(22(30)19-11-18(15-8-9-15)24-28(19)21)13-20(29)23-16-5-4-10-26(12-16)17-6-3-7-17/h11,14-17H,3-10,12-13H2,1-2H3,(H,23,29)/t16-/m1/s1. The van der Waals surface area contributed by atoms with E-state index in [9.17, 15) is 9.59 Å². The quantitative estimate of drug-likeness (QED) is 0.785. The molecule has 3 aliphatic rings. The first-order chi connectivity index (χ1) is 14.5. The Kier molecular flexibility index (Phi) is 5.13. The molecule has 3 fully saturated rings. The molecule has 162 valence electrons. The van der Waals surface area contributed by atoms with Crippen molar-refractivity contribution < 1.29 is 4.79 Å². The highest BCUT2D eigenvalue weighted by Gasteiger charge is 2.31. The zero-order chi connectivity index (χ0) is 20.8. The van der Waals surface area contributed by atoms with Crippen LogP contribution >= 0.6 is 0 Å². The van der Waals surface area contributed by atoms with E-state index in [0.29, 0.717) is 17.5 Å². The van der Waals surface area contributed by atoms with Gasteiger partial charge in [0, 0.05) is 30.5 Å². The molecule has 1 N–H and O–H groups in total. The summed E-state index contributed by atoms with van der Waals surface area (Å²) in [6.45, 7) is 6.08. The number of piperidine rings is 1. The van der Waals surface area contributed by atoms with Crippen molar-refractivity contribution in [2.75, 3.05) is 13.1 Å². The summed E-state index contributed by atoms with van der Waals surface area (Å²) in [4.78, 5) is 28.3. The molecule has 0 unspecified atom stereocenters. The van der Waals surface area contributed by atoms with Crippen molar-refractivity contribution in [3.8, 4) is 0 Å². The normalized spacial score (nSPS) is 23.1. The fraction of sp³-hybridized carbons (Fsp3) is 0.727.